The molecule has 0 saturated heterocycles. The number of fused-ring (bicyclic) bond motifs is 1. The van der Waals surface area contributed by atoms with Crippen molar-refractivity contribution in [1.82, 2.24) is 24.5 Å². The van der Waals surface area contributed by atoms with Crippen LogP contribution in [0.1, 0.15) is 83.6 Å². The fourth-order valence-electron chi connectivity index (χ4n) is 5.17. The van der Waals surface area contributed by atoms with E-state index in [4.69, 9.17) is 0 Å². The molecule has 0 N–H and O–H groups in total. The molecule has 0 radical (unpaired) electrons. The van der Waals surface area contributed by atoms with Crippen LogP contribution < -0.4 is 0 Å². The number of aryl methyl sites for hydroxylation is 2. The van der Waals surface area contributed by atoms with Crippen LogP contribution in [0.3, 0.4) is 0 Å². The van der Waals surface area contributed by atoms with Gasteiger partial charge in [0.15, 0.2) is 5.82 Å². The monoisotopic (exact) mass is 517 g/mol. The first kappa shape index (κ1) is 26.3. The largest absolute Gasteiger partial charge is 0.311 e. The van der Waals surface area contributed by atoms with Gasteiger partial charge in [0.25, 0.3) is 0 Å². The molecule has 1 aliphatic rings. The summed E-state index contributed by atoms with van der Waals surface area (Å²) < 4.78 is 35.5. The molecule has 0 spiro atoms. The Hall–Kier alpha value is -3.35. The highest BCUT2D eigenvalue weighted by Gasteiger charge is 2.27. The number of benzene rings is 2. The van der Waals surface area contributed by atoms with E-state index in [9.17, 15) is 0 Å². The minimum atomic E-state index is -0.405. The van der Waals surface area contributed by atoms with Gasteiger partial charge >= 0.3 is 0 Å². The fraction of sp³-hybridized carbons (Fsp3) is 0.452. The zero-order valence-electron chi connectivity index (χ0n) is 23.5. The molecule has 0 aliphatic carbocycles. The average molecular weight is 518 g/mol. The van der Waals surface area contributed by atoms with Gasteiger partial charge in [-0.2, -0.15) is 5.10 Å². The second-order valence-electron chi connectivity index (χ2n) is 12.5. The number of nitrogens with zero attached hydrogens (tertiary/aromatic N) is 5. The van der Waals surface area contributed by atoms with Crippen molar-refractivity contribution in [2.24, 2.45) is 0 Å². The van der Waals surface area contributed by atoms with E-state index in [0.717, 1.165) is 55.0 Å². The van der Waals surface area contributed by atoms with E-state index in [0.29, 0.717) is 28.2 Å². The maximum Gasteiger partial charge on any atom is 0.166 e. The van der Waals surface area contributed by atoms with E-state index in [-0.39, 0.29) is 16.6 Å². The van der Waals surface area contributed by atoms with Crippen molar-refractivity contribution in [2.45, 2.75) is 91.5 Å². The van der Waals surface area contributed by atoms with Crippen molar-refractivity contribution in [3.8, 4) is 28.2 Å². The lowest BCUT2D eigenvalue weighted by molar-refractivity contribution is 0.532. The van der Waals surface area contributed by atoms with Gasteiger partial charge in [-0.05, 0) is 66.6 Å². The lowest BCUT2D eigenvalue weighted by Gasteiger charge is -2.23. The first-order chi connectivity index (χ1) is 17.8. The number of hydrogen-bond acceptors (Lipinski definition) is 3. The summed E-state index contributed by atoms with van der Waals surface area (Å²) in [6, 6.07) is 10.5. The number of aromatic nitrogens is 5. The summed E-state index contributed by atoms with van der Waals surface area (Å²) in [5.41, 5.74) is 3.93. The molecule has 0 amide bonds. The first-order valence-corrected chi connectivity index (χ1v) is 13.5. The van der Waals surface area contributed by atoms with Gasteiger partial charge in [-0.15, -0.1) is 10.2 Å². The molecule has 5 rings (SSSR count). The van der Waals surface area contributed by atoms with E-state index in [1.165, 1.54) is 6.07 Å². The second kappa shape index (κ2) is 9.44. The molecule has 1 aliphatic heterocycles. The van der Waals surface area contributed by atoms with E-state index >= 15 is 8.78 Å². The maximum atomic E-state index is 16.5. The van der Waals surface area contributed by atoms with Gasteiger partial charge in [-0.3, -0.25) is 0 Å². The summed E-state index contributed by atoms with van der Waals surface area (Å²) in [6.07, 6.45) is 4.06. The van der Waals surface area contributed by atoms with E-state index < -0.39 is 5.82 Å². The summed E-state index contributed by atoms with van der Waals surface area (Å²) in [7, 11) is 0. The molecule has 0 unspecified atom stereocenters. The van der Waals surface area contributed by atoms with Crippen LogP contribution in [-0.2, 0) is 23.8 Å². The van der Waals surface area contributed by atoms with Gasteiger partial charge in [-0.1, -0.05) is 54.0 Å². The van der Waals surface area contributed by atoms with Crippen LogP contribution >= 0.6 is 0 Å². The number of hydrogen-bond donors (Lipinski definition) is 0. The van der Waals surface area contributed by atoms with Crippen molar-refractivity contribution in [2.75, 3.05) is 0 Å². The quantitative estimate of drug-likeness (QED) is 0.280. The summed E-state index contributed by atoms with van der Waals surface area (Å²) in [6.45, 7) is 15.2. The van der Waals surface area contributed by atoms with Crippen LogP contribution in [0.2, 0.25) is 0 Å². The molecule has 5 nitrogen and oxygen atoms in total. The third-order valence-corrected chi connectivity index (χ3v) is 7.37. The normalized spacial score (nSPS) is 14.4. The van der Waals surface area contributed by atoms with Gasteiger partial charge in [0.05, 0.1) is 11.3 Å². The van der Waals surface area contributed by atoms with Gasteiger partial charge in [0.1, 0.15) is 23.1 Å². The van der Waals surface area contributed by atoms with Crippen LogP contribution in [0.15, 0.2) is 36.4 Å². The van der Waals surface area contributed by atoms with Crippen LogP contribution in [0.5, 0.6) is 0 Å². The molecule has 3 heterocycles. The molecule has 7 heteroatoms. The third kappa shape index (κ3) is 4.79. The van der Waals surface area contributed by atoms with Gasteiger partial charge in [0, 0.05) is 29.6 Å². The van der Waals surface area contributed by atoms with Crippen molar-refractivity contribution >= 4 is 0 Å². The Bertz CT molecular complexity index is 1500. The second-order valence-corrected chi connectivity index (χ2v) is 12.5. The molecule has 0 bridgehead atoms. The highest BCUT2D eigenvalue weighted by molar-refractivity contribution is 5.74. The fourth-order valence-corrected chi connectivity index (χ4v) is 5.17. The standard InChI is InChI=1S/C31H37F2N5/c1-19-15-26(31(5,6)7)38(36-19)25-16-20(12-13-24(25)32)22-17-21(30(2,3)4)18-23(28(22)33)29-35-34-27-11-9-8-10-14-37(27)29/h12-13,15-18H,8-11,14H2,1-7H3. The smallest absolute Gasteiger partial charge is 0.166 e. The van der Waals surface area contributed by atoms with Crippen LogP contribution in [0, 0.1) is 18.6 Å². The number of rotatable bonds is 3. The molecule has 38 heavy (non-hydrogen) atoms. The van der Waals surface area contributed by atoms with Crippen LogP contribution in [-0.4, -0.2) is 24.5 Å². The molecule has 0 fully saturated rings. The summed E-state index contributed by atoms with van der Waals surface area (Å²) in [5, 5.41) is 13.5. The van der Waals surface area contributed by atoms with Crippen molar-refractivity contribution in [1.29, 1.82) is 0 Å². The summed E-state index contributed by atoms with van der Waals surface area (Å²) in [5.74, 6) is 0.694. The minimum Gasteiger partial charge on any atom is -0.311 e. The first-order valence-electron chi connectivity index (χ1n) is 13.5. The van der Waals surface area contributed by atoms with Crippen molar-refractivity contribution < 1.29 is 8.78 Å². The molecule has 0 saturated carbocycles. The Morgan fingerprint density at radius 2 is 1.55 bits per heavy atom. The van der Waals surface area contributed by atoms with E-state index in [1.807, 2.05) is 25.1 Å². The Morgan fingerprint density at radius 3 is 2.26 bits per heavy atom. The van der Waals surface area contributed by atoms with Crippen LogP contribution in [0.4, 0.5) is 8.78 Å². The van der Waals surface area contributed by atoms with Gasteiger partial charge in [-0.25, -0.2) is 13.5 Å². The predicted octanol–water partition coefficient (Wildman–Crippen LogP) is 7.71. The molecule has 2 aromatic heterocycles. The molecule has 4 aromatic rings. The molecule has 200 valence electrons. The maximum absolute atomic E-state index is 16.5. The van der Waals surface area contributed by atoms with E-state index in [1.54, 1.807) is 16.8 Å². The third-order valence-electron chi connectivity index (χ3n) is 7.37. The number of halogens is 2. The minimum absolute atomic E-state index is 0.236. The summed E-state index contributed by atoms with van der Waals surface area (Å²) in [4.78, 5) is 0. The Morgan fingerprint density at radius 1 is 0.816 bits per heavy atom. The van der Waals surface area contributed by atoms with E-state index in [2.05, 4.69) is 61.4 Å². The van der Waals surface area contributed by atoms with Crippen LogP contribution in [0.25, 0.3) is 28.2 Å². The zero-order valence-corrected chi connectivity index (χ0v) is 23.5. The lowest BCUT2D eigenvalue weighted by Crippen LogP contribution is -2.18. The highest BCUT2D eigenvalue weighted by atomic mass is 19.1. The molecular formula is C31H37F2N5. The predicted molar refractivity (Wildman–Crippen MR) is 148 cm³/mol. The molecular weight excluding hydrogens is 480 g/mol. The Balaban J connectivity index is 1.72. The SMILES string of the molecule is Cc1cc(C(C)(C)C)n(-c2cc(-c3cc(C(C)(C)C)cc(-c4nnc5n4CCCCC5)c3F)ccc2F)n1. The average Bonchev–Trinajstić information content (AvgIpc) is 3.34. The molecule has 0 atom stereocenters. The zero-order chi connectivity index (χ0) is 27.4. The van der Waals surface area contributed by atoms with Gasteiger partial charge < -0.3 is 4.57 Å². The Labute approximate surface area is 223 Å². The van der Waals surface area contributed by atoms with Crippen molar-refractivity contribution in [3.05, 3.63) is 70.8 Å². The topological polar surface area (TPSA) is 48.5 Å². The summed E-state index contributed by atoms with van der Waals surface area (Å²) >= 11 is 0. The molecule has 2 aromatic carbocycles. The Kier molecular flexibility index (Phi) is 6.52. The highest BCUT2D eigenvalue weighted by Crippen LogP contribution is 2.38. The lowest BCUT2D eigenvalue weighted by atomic mass is 9.83. The van der Waals surface area contributed by atoms with Crippen molar-refractivity contribution in [3.63, 3.8) is 0 Å². The van der Waals surface area contributed by atoms with Gasteiger partial charge in [0.2, 0.25) is 0 Å².